The number of hydrogen-bond donors (Lipinski definition) is 3. The molecule has 0 aliphatic heterocycles. The summed E-state index contributed by atoms with van der Waals surface area (Å²) in [6, 6.07) is 0. The molecule has 0 aromatic heterocycles. The summed E-state index contributed by atoms with van der Waals surface area (Å²) in [5, 5.41) is 22.8. The second kappa shape index (κ2) is 27.8. The minimum atomic E-state index is -0.981. The zero-order valence-electron chi connectivity index (χ0n) is 17.8. The van der Waals surface area contributed by atoms with Gasteiger partial charge in [0, 0.05) is 23.8 Å². The van der Waals surface area contributed by atoms with Crippen LogP contribution in [0.15, 0.2) is 62.5 Å². The third-order valence-corrected chi connectivity index (χ3v) is 2.62. The molecule has 0 spiro atoms. The average molecular weight is 427 g/mol. The van der Waals surface area contributed by atoms with Crippen LogP contribution in [0.5, 0.6) is 0 Å². The van der Waals surface area contributed by atoms with Gasteiger partial charge in [0.2, 0.25) is 0 Å². The highest BCUT2D eigenvalue weighted by atomic mass is 16.5. The van der Waals surface area contributed by atoms with Gasteiger partial charge in [0.25, 0.3) is 0 Å². The molecule has 0 aliphatic carbocycles. The number of carboxylic acids is 3. The number of unbranched alkanes of at least 4 members (excludes halogenated alkanes) is 3. The Kier molecular flexibility index (Phi) is 31.6. The number of ether oxygens (including phenoxy) is 1. The van der Waals surface area contributed by atoms with E-state index in [4.69, 9.17) is 20.1 Å². The maximum absolute atomic E-state index is 11.3. The molecule has 0 heterocycles. The number of carbonyl (C=O) groups excluding carboxylic acids is 1. The van der Waals surface area contributed by atoms with Crippen LogP contribution in [-0.4, -0.2) is 39.2 Å². The zero-order valence-corrected chi connectivity index (χ0v) is 17.8. The van der Waals surface area contributed by atoms with E-state index >= 15 is 0 Å². The van der Waals surface area contributed by atoms with Gasteiger partial charge in [-0.1, -0.05) is 59.4 Å². The van der Waals surface area contributed by atoms with Crippen LogP contribution in [0.1, 0.15) is 52.4 Å². The molecule has 0 aromatic rings. The molecule has 0 bridgehead atoms. The summed E-state index contributed by atoms with van der Waals surface area (Å²) in [6.45, 7) is 16.8. The van der Waals surface area contributed by atoms with E-state index in [0.29, 0.717) is 5.57 Å². The van der Waals surface area contributed by atoms with Crippen molar-refractivity contribution >= 4 is 23.9 Å². The van der Waals surface area contributed by atoms with E-state index in [0.717, 1.165) is 56.8 Å². The van der Waals surface area contributed by atoms with Gasteiger partial charge < -0.3 is 20.1 Å². The van der Waals surface area contributed by atoms with Crippen LogP contribution >= 0.6 is 0 Å². The van der Waals surface area contributed by atoms with Gasteiger partial charge in [-0.05, 0) is 25.3 Å². The Bertz CT molecular complexity index is 531. The Labute approximate surface area is 178 Å². The highest BCUT2D eigenvalue weighted by molar-refractivity contribution is 5.88. The molecule has 0 fully saturated rings. The van der Waals surface area contributed by atoms with Crippen LogP contribution in [0.3, 0.4) is 0 Å². The standard InChI is InChI=1S/C13H22O2.3C3H4O2/c1-4-6-8-10-12(3)13(14)15-11-9-7-5-2;3*1-2-3(4)5/h9,11H,3-8,10H2,1-2H3;3*2H,1H2,(H,4,5). The molecule has 0 atom stereocenters. The SMILES string of the molecule is C=C(CCCCC)C(=O)OC=CCCC.C=CC(=O)O.C=CC(=O)O.C=CC(=O)O. The largest absolute Gasteiger partial charge is 0.478 e. The Morgan fingerprint density at radius 1 is 0.800 bits per heavy atom. The minimum Gasteiger partial charge on any atom is -0.478 e. The number of carbonyl (C=O) groups is 4. The first-order chi connectivity index (χ1) is 14.0. The minimum absolute atomic E-state index is 0.293. The molecule has 0 saturated heterocycles. The van der Waals surface area contributed by atoms with Crippen LogP contribution in [0.4, 0.5) is 0 Å². The van der Waals surface area contributed by atoms with E-state index in [1.165, 1.54) is 6.26 Å². The van der Waals surface area contributed by atoms with Crippen molar-refractivity contribution in [2.75, 3.05) is 0 Å². The molecule has 0 aliphatic rings. The first-order valence-corrected chi connectivity index (χ1v) is 9.13. The monoisotopic (exact) mass is 426 g/mol. The van der Waals surface area contributed by atoms with Crippen molar-refractivity contribution in [2.24, 2.45) is 0 Å². The van der Waals surface area contributed by atoms with E-state index in [-0.39, 0.29) is 5.97 Å². The molecular formula is C22H34O8. The summed E-state index contributed by atoms with van der Waals surface area (Å²) in [5.74, 6) is -3.24. The normalized spacial score (nSPS) is 8.47. The summed E-state index contributed by atoms with van der Waals surface area (Å²) in [4.78, 5) is 39.1. The molecule has 3 N–H and O–H groups in total. The summed E-state index contributed by atoms with van der Waals surface area (Å²) in [7, 11) is 0. The highest BCUT2D eigenvalue weighted by Gasteiger charge is 2.05. The van der Waals surface area contributed by atoms with Gasteiger partial charge >= 0.3 is 23.9 Å². The molecule has 8 heteroatoms. The van der Waals surface area contributed by atoms with Crippen molar-refractivity contribution in [3.05, 3.63) is 62.5 Å². The molecule has 0 rings (SSSR count). The summed E-state index contributed by atoms with van der Waals surface area (Å²) >= 11 is 0. The number of aliphatic carboxylic acids is 3. The topological polar surface area (TPSA) is 138 Å². The predicted molar refractivity (Wildman–Crippen MR) is 117 cm³/mol. The fourth-order valence-corrected chi connectivity index (χ4v) is 1.12. The summed E-state index contributed by atoms with van der Waals surface area (Å²) in [5.41, 5.74) is 0.574. The molecule has 8 nitrogen and oxygen atoms in total. The van der Waals surface area contributed by atoms with Crippen LogP contribution < -0.4 is 0 Å². The van der Waals surface area contributed by atoms with Gasteiger partial charge in [0.05, 0.1) is 6.26 Å². The fourth-order valence-electron chi connectivity index (χ4n) is 1.12. The number of rotatable bonds is 11. The third kappa shape index (κ3) is 44.2. The maximum atomic E-state index is 11.3. The molecule has 170 valence electrons. The lowest BCUT2D eigenvalue weighted by atomic mass is 10.1. The van der Waals surface area contributed by atoms with Crippen molar-refractivity contribution in [2.45, 2.75) is 52.4 Å². The van der Waals surface area contributed by atoms with Crippen molar-refractivity contribution in [3.8, 4) is 0 Å². The quantitative estimate of drug-likeness (QED) is 0.186. The van der Waals surface area contributed by atoms with E-state index in [1.807, 2.05) is 6.08 Å². The maximum Gasteiger partial charge on any atom is 0.338 e. The number of carboxylic acid groups (broad SMARTS) is 3. The Morgan fingerprint density at radius 3 is 1.50 bits per heavy atom. The van der Waals surface area contributed by atoms with Gasteiger partial charge in [-0.25, -0.2) is 19.2 Å². The molecular weight excluding hydrogens is 392 g/mol. The molecule has 0 unspecified atom stereocenters. The number of esters is 1. The summed E-state index contributed by atoms with van der Waals surface area (Å²) < 4.78 is 4.92. The zero-order chi connectivity index (χ0) is 24.4. The smallest absolute Gasteiger partial charge is 0.338 e. The van der Waals surface area contributed by atoms with Crippen molar-refractivity contribution in [3.63, 3.8) is 0 Å². The Balaban J connectivity index is -0.000000184. The molecule has 0 saturated carbocycles. The van der Waals surface area contributed by atoms with Crippen molar-refractivity contribution in [1.29, 1.82) is 0 Å². The van der Waals surface area contributed by atoms with Gasteiger partial charge in [-0.2, -0.15) is 0 Å². The fraction of sp³-hybridized carbons (Fsp3) is 0.364. The second-order valence-corrected chi connectivity index (χ2v) is 5.25. The van der Waals surface area contributed by atoms with Crippen LogP contribution in [0, 0.1) is 0 Å². The van der Waals surface area contributed by atoms with Gasteiger partial charge in [0.1, 0.15) is 0 Å². The predicted octanol–water partition coefficient (Wildman–Crippen LogP) is 4.75. The number of hydrogen-bond acceptors (Lipinski definition) is 5. The van der Waals surface area contributed by atoms with E-state index < -0.39 is 17.9 Å². The Hall–Kier alpha value is -3.42. The highest BCUT2D eigenvalue weighted by Crippen LogP contribution is 2.08. The average Bonchev–Trinajstić information content (AvgIpc) is 2.72. The lowest BCUT2D eigenvalue weighted by molar-refractivity contribution is -0.134. The molecule has 0 amide bonds. The van der Waals surface area contributed by atoms with E-state index in [1.54, 1.807) is 0 Å². The van der Waals surface area contributed by atoms with Gasteiger partial charge in [0.15, 0.2) is 0 Å². The van der Waals surface area contributed by atoms with Gasteiger partial charge in [-0.3, -0.25) is 0 Å². The second-order valence-electron chi connectivity index (χ2n) is 5.25. The van der Waals surface area contributed by atoms with Crippen LogP contribution in [0.25, 0.3) is 0 Å². The first kappa shape index (κ1) is 34.1. The third-order valence-electron chi connectivity index (χ3n) is 2.62. The lowest BCUT2D eigenvalue weighted by Crippen LogP contribution is -2.02. The van der Waals surface area contributed by atoms with E-state index in [9.17, 15) is 19.2 Å². The van der Waals surface area contributed by atoms with E-state index in [2.05, 4.69) is 40.2 Å². The first-order valence-electron chi connectivity index (χ1n) is 9.13. The molecule has 30 heavy (non-hydrogen) atoms. The summed E-state index contributed by atoms with van der Waals surface area (Å²) in [6.07, 6.45) is 11.9. The van der Waals surface area contributed by atoms with Crippen LogP contribution in [0.2, 0.25) is 0 Å². The van der Waals surface area contributed by atoms with Crippen LogP contribution in [-0.2, 0) is 23.9 Å². The lowest BCUT2D eigenvalue weighted by Gasteiger charge is -2.02. The van der Waals surface area contributed by atoms with Gasteiger partial charge in [-0.15, -0.1) is 0 Å². The Morgan fingerprint density at radius 2 is 1.20 bits per heavy atom. The van der Waals surface area contributed by atoms with Crippen molar-refractivity contribution < 1.29 is 39.2 Å². The molecule has 0 radical (unpaired) electrons. The molecule has 0 aromatic carbocycles. The number of allylic oxidation sites excluding steroid dienone is 1. The van der Waals surface area contributed by atoms with Crippen molar-refractivity contribution in [1.82, 2.24) is 0 Å².